The van der Waals surface area contributed by atoms with Crippen LogP contribution in [0.5, 0.6) is 5.75 Å². The van der Waals surface area contributed by atoms with E-state index in [0.29, 0.717) is 11.4 Å². The van der Waals surface area contributed by atoms with Gasteiger partial charge in [0.1, 0.15) is 10.6 Å². The molecule has 100 valence electrons. The number of hydrogen-bond acceptors (Lipinski definition) is 4. The van der Waals surface area contributed by atoms with Crippen LogP contribution in [0.3, 0.4) is 0 Å². The predicted molar refractivity (Wildman–Crippen MR) is 72.8 cm³/mol. The van der Waals surface area contributed by atoms with Gasteiger partial charge in [-0.1, -0.05) is 12.1 Å². The maximum absolute atomic E-state index is 12.3. The van der Waals surface area contributed by atoms with E-state index in [4.69, 9.17) is 4.74 Å². The molecule has 1 aromatic carbocycles. The Hall–Kier alpha value is -2.08. The number of hydrogen-bond donors (Lipinski definition) is 1. The molecule has 19 heavy (non-hydrogen) atoms. The highest BCUT2D eigenvalue weighted by Gasteiger charge is 2.18. The lowest BCUT2D eigenvalue weighted by atomic mass is 10.3. The first-order valence-corrected chi connectivity index (χ1v) is 7.10. The van der Waals surface area contributed by atoms with Crippen LogP contribution in [-0.2, 0) is 10.0 Å². The fourth-order valence-electron chi connectivity index (χ4n) is 1.66. The first kappa shape index (κ1) is 13.4. The Balaban J connectivity index is 2.38. The van der Waals surface area contributed by atoms with E-state index in [1.807, 2.05) is 0 Å². The van der Waals surface area contributed by atoms with Crippen LogP contribution in [0.25, 0.3) is 0 Å². The Morgan fingerprint density at radius 3 is 2.63 bits per heavy atom. The number of anilines is 1. The second-order valence-electron chi connectivity index (χ2n) is 3.94. The molecule has 0 aliphatic rings. The van der Waals surface area contributed by atoms with E-state index in [1.54, 1.807) is 43.5 Å². The highest BCUT2D eigenvalue weighted by molar-refractivity contribution is 7.92. The monoisotopic (exact) mass is 278 g/mol. The van der Waals surface area contributed by atoms with Crippen molar-refractivity contribution in [2.75, 3.05) is 11.8 Å². The van der Waals surface area contributed by atoms with Gasteiger partial charge >= 0.3 is 0 Å². The van der Waals surface area contributed by atoms with E-state index in [-0.39, 0.29) is 4.90 Å². The van der Waals surface area contributed by atoms with Crippen molar-refractivity contribution in [1.29, 1.82) is 0 Å². The number of para-hydroxylation sites is 1. The van der Waals surface area contributed by atoms with Crippen molar-refractivity contribution in [2.24, 2.45) is 0 Å². The van der Waals surface area contributed by atoms with E-state index < -0.39 is 10.0 Å². The fourth-order valence-corrected chi connectivity index (χ4v) is 2.88. The van der Waals surface area contributed by atoms with Gasteiger partial charge in [0.2, 0.25) is 0 Å². The minimum absolute atomic E-state index is 0.104. The third kappa shape index (κ3) is 3.03. The lowest BCUT2D eigenvalue weighted by Gasteiger charge is -2.11. The predicted octanol–water partition coefficient (Wildman–Crippen LogP) is 2.20. The summed E-state index contributed by atoms with van der Waals surface area (Å²) in [4.78, 5) is 4.12. The molecular weight excluding hydrogens is 264 g/mol. The second-order valence-corrected chi connectivity index (χ2v) is 5.59. The number of methoxy groups -OCH3 is 1. The molecule has 0 saturated heterocycles. The Bertz CT molecular complexity index is 684. The van der Waals surface area contributed by atoms with Gasteiger partial charge in [-0.2, -0.15) is 0 Å². The van der Waals surface area contributed by atoms with Gasteiger partial charge in [0.25, 0.3) is 10.0 Å². The van der Waals surface area contributed by atoms with Gasteiger partial charge in [-0.15, -0.1) is 0 Å². The van der Waals surface area contributed by atoms with Gasteiger partial charge in [0.15, 0.2) is 0 Å². The Morgan fingerprint density at radius 1 is 1.21 bits per heavy atom. The van der Waals surface area contributed by atoms with E-state index in [2.05, 4.69) is 9.71 Å². The molecule has 0 fully saturated rings. The van der Waals surface area contributed by atoms with Crippen molar-refractivity contribution < 1.29 is 13.2 Å². The molecule has 0 aliphatic carbocycles. The summed E-state index contributed by atoms with van der Waals surface area (Å²) in [6.07, 6.45) is 1.55. The summed E-state index contributed by atoms with van der Waals surface area (Å²) in [6.45, 7) is 1.79. The number of sulfonamides is 1. The van der Waals surface area contributed by atoms with E-state index >= 15 is 0 Å². The number of nitrogens with one attached hydrogen (secondary N) is 1. The number of pyridine rings is 1. The zero-order valence-corrected chi connectivity index (χ0v) is 11.4. The molecule has 0 saturated carbocycles. The summed E-state index contributed by atoms with van der Waals surface area (Å²) in [5, 5.41) is 0. The minimum Gasteiger partial charge on any atom is -0.495 e. The maximum atomic E-state index is 12.3. The standard InChI is InChI=1S/C13H14N2O3S/c1-10-9-11(7-8-14-10)15-19(16,17)13-6-4-3-5-12(13)18-2/h3-9H,1-2H3,(H,14,15). The topological polar surface area (TPSA) is 68.3 Å². The van der Waals surface area contributed by atoms with E-state index in [1.165, 1.54) is 13.2 Å². The average molecular weight is 278 g/mol. The van der Waals surface area contributed by atoms with Crippen molar-refractivity contribution >= 4 is 15.7 Å². The SMILES string of the molecule is COc1ccccc1S(=O)(=O)Nc1ccnc(C)c1. The zero-order valence-electron chi connectivity index (χ0n) is 10.6. The van der Waals surface area contributed by atoms with Crippen molar-refractivity contribution in [3.8, 4) is 5.75 Å². The molecule has 0 amide bonds. The molecule has 2 rings (SSSR count). The number of ether oxygens (including phenoxy) is 1. The molecular formula is C13H14N2O3S. The van der Waals surface area contributed by atoms with Crippen LogP contribution in [0.15, 0.2) is 47.5 Å². The molecule has 2 aromatic rings. The molecule has 5 nitrogen and oxygen atoms in total. The summed E-state index contributed by atoms with van der Waals surface area (Å²) in [7, 11) is -2.24. The number of benzene rings is 1. The molecule has 0 bridgehead atoms. The Morgan fingerprint density at radius 2 is 1.95 bits per heavy atom. The van der Waals surface area contributed by atoms with Crippen LogP contribution in [0.2, 0.25) is 0 Å². The lowest BCUT2D eigenvalue weighted by molar-refractivity contribution is 0.403. The first-order chi connectivity index (χ1) is 9.03. The highest BCUT2D eigenvalue weighted by Crippen LogP contribution is 2.25. The summed E-state index contributed by atoms with van der Waals surface area (Å²) in [6, 6.07) is 9.72. The van der Waals surface area contributed by atoms with Crippen molar-refractivity contribution in [1.82, 2.24) is 4.98 Å². The van der Waals surface area contributed by atoms with Gasteiger partial charge in [0, 0.05) is 11.9 Å². The lowest BCUT2D eigenvalue weighted by Crippen LogP contribution is -2.14. The third-order valence-corrected chi connectivity index (χ3v) is 3.93. The van der Waals surface area contributed by atoms with Gasteiger partial charge in [-0.25, -0.2) is 8.42 Å². The summed E-state index contributed by atoms with van der Waals surface area (Å²) >= 11 is 0. The first-order valence-electron chi connectivity index (χ1n) is 5.61. The largest absolute Gasteiger partial charge is 0.495 e. The number of aryl methyl sites for hydroxylation is 1. The average Bonchev–Trinajstić information content (AvgIpc) is 2.38. The summed E-state index contributed by atoms with van der Waals surface area (Å²) < 4.78 is 32.1. The molecule has 0 atom stereocenters. The third-order valence-electron chi connectivity index (χ3n) is 2.51. The van der Waals surface area contributed by atoms with Crippen molar-refractivity contribution in [2.45, 2.75) is 11.8 Å². The summed E-state index contributed by atoms with van der Waals surface area (Å²) in [5.41, 5.74) is 1.21. The van der Waals surface area contributed by atoms with Crippen LogP contribution in [0.4, 0.5) is 5.69 Å². The molecule has 0 aliphatic heterocycles. The normalized spacial score (nSPS) is 11.1. The maximum Gasteiger partial charge on any atom is 0.265 e. The van der Waals surface area contributed by atoms with Crippen LogP contribution in [0, 0.1) is 6.92 Å². The van der Waals surface area contributed by atoms with E-state index in [0.717, 1.165) is 5.69 Å². The van der Waals surface area contributed by atoms with Crippen molar-refractivity contribution in [3.63, 3.8) is 0 Å². The van der Waals surface area contributed by atoms with Gasteiger partial charge in [0.05, 0.1) is 12.8 Å². The molecule has 0 unspecified atom stereocenters. The Kier molecular flexibility index (Phi) is 3.71. The van der Waals surface area contributed by atoms with Crippen LogP contribution in [0.1, 0.15) is 5.69 Å². The number of rotatable bonds is 4. The Labute approximate surface area is 112 Å². The zero-order chi connectivity index (χ0) is 13.9. The molecule has 1 N–H and O–H groups in total. The molecule has 6 heteroatoms. The van der Waals surface area contributed by atoms with Crippen LogP contribution in [-0.4, -0.2) is 20.5 Å². The fraction of sp³-hybridized carbons (Fsp3) is 0.154. The number of aromatic nitrogens is 1. The number of nitrogens with zero attached hydrogens (tertiary/aromatic N) is 1. The van der Waals surface area contributed by atoms with Gasteiger partial charge < -0.3 is 4.74 Å². The molecule has 0 radical (unpaired) electrons. The smallest absolute Gasteiger partial charge is 0.265 e. The minimum atomic E-state index is -3.68. The molecule has 1 aromatic heterocycles. The molecule has 1 heterocycles. The van der Waals surface area contributed by atoms with E-state index in [9.17, 15) is 8.42 Å². The van der Waals surface area contributed by atoms with Crippen LogP contribution < -0.4 is 9.46 Å². The molecule has 0 spiro atoms. The van der Waals surface area contributed by atoms with Gasteiger partial charge in [-0.3, -0.25) is 9.71 Å². The quantitative estimate of drug-likeness (QED) is 0.931. The van der Waals surface area contributed by atoms with Crippen molar-refractivity contribution in [3.05, 3.63) is 48.3 Å². The van der Waals surface area contributed by atoms with Gasteiger partial charge in [-0.05, 0) is 31.2 Å². The summed E-state index contributed by atoms with van der Waals surface area (Å²) in [5.74, 6) is 0.306. The highest BCUT2D eigenvalue weighted by atomic mass is 32.2. The van der Waals surface area contributed by atoms with Crippen LogP contribution >= 0.6 is 0 Å². The second kappa shape index (κ2) is 5.27.